The first kappa shape index (κ1) is 16.2. The fourth-order valence-corrected chi connectivity index (χ4v) is 2.28. The van der Waals surface area contributed by atoms with Crippen LogP contribution < -0.4 is 15.6 Å². The molecule has 1 saturated carbocycles. The summed E-state index contributed by atoms with van der Waals surface area (Å²) in [5, 5.41) is 7.12. The van der Waals surface area contributed by atoms with Gasteiger partial charge in [0.25, 0.3) is 11.5 Å². The average molecular weight is 327 g/mol. The minimum atomic E-state index is -0.663. The van der Waals surface area contributed by atoms with Crippen LogP contribution in [0.1, 0.15) is 30.9 Å². The van der Waals surface area contributed by atoms with E-state index in [1.807, 2.05) is 32.0 Å². The van der Waals surface area contributed by atoms with E-state index in [-0.39, 0.29) is 23.4 Å². The number of hydrogen-bond donors (Lipinski definition) is 1. The van der Waals surface area contributed by atoms with Crippen LogP contribution in [0, 0.1) is 13.8 Å². The third kappa shape index (κ3) is 3.64. The minimum absolute atomic E-state index is 0.164. The van der Waals surface area contributed by atoms with Crippen molar-refractivity contribution < 1.29 is 9.53 Å². The molecule has 0 aliphatic heterocycles. The molecule has 126 valence electrons. The summed E-state index contributed by atoms with van der Waals surface area (Å²) in [6.07, 6.45) is 1.38. The summed E-state index contributed by atoms with van der Waals surface area (Å²) in [6.45, 7) is 5.66. The van der Waals surface area contributed by atoms with Gasteiger partial charge in [0, 0.05) is 18.2 Å². The van der Waals surface area contributed by atoms with Gasteiger partial charge in [0.1, 0.15) is 0 Å². The zero-order valence-corrected chi connectivity index (χ0v) is 14.1. The van der Waals surface area contributed by atoms with Crippen LogP contribution in [0.3, 0.4) is 0 Å². The van der Waals surface area contributed by atoms with Crippen molar-refractivity contribution >= 4 is 5.91 Å². The minimum Gasteiger partial charge on any atom is -0.464 e. The molecule has 0 radical (unpaired) electrons. The molecule has 1 heterocycles. The third-order valence-electron chi connectivity index (χ3n) is 4.10. The zero-order valence-electron chi connectivity index (χ0n) is 14.1. The highest BCUT2D eigenvalue weighted by Gasteiger charge is 2.26. The highest BCUT2D eigenvalue weighted by atomic mass is 16.5. The van der Waals surface area contributed by atoms with Crippen molar-refractivity contribution in [3.05, 3.63) is 51.8 Å². The van der Waals surface area contributed by atoms with Gasteiger partial charge in [-0.05, 0) is 56.9 Å². The van der Waals surface area contributed by atoms with Crippen molar-refractivity contribution in [1.29, 1.82) is 0 Å². The first-order valence-corrected chi connectivity index (χ1v) is 8.09. The Morgan fingerprint density at radius 1 is 1.25 bits per heavy atom. The molecule has 3 rings (SSSR count). The van der Waals surface area contributed by atoms with Crippen LogP contribution >= 0.6 is 0 Å². The van der Waals surface area contributed by atoms with E-state index in [2.05, 4.69) is 10.4 Å². The van der Waals surface area contributed by atoms with Gasteiger partial charge in [0.15, 0.2) is 6.10 Å². The average Bonchev–Trinajstić information content (AvgIpc) is 3.36. The van der Waals surface area contributed by atoms with Crippen molar-refractivity contribution in [2.75, 3.05) is 0 Å². The second-order valence-corrected chi connectivity index (χ2v) is 6.23. The number of amides is 1. The second-order valence-electron chi connectivity index (χ2n) is 6.23. The normalized spacial score (nSPS) is 15.0. The number of carbonyl (C=O) groups excluding carboxylic acids is 1. The Kier molecular flexibility index (Phi) is 4.38. The largest absolute Gasteiger partial charge is 0.464 e. The van der Waals surface area contributed by atoms with Crippen LogP contribution in [0.2, 0.25) is 0 Å². The third-order valence-corrected chi connectivity index (χ3v) is 4.10. The van der Waals surface area contributed by atoms with Crippen LogP contribution in [0.15, 0.2) is 35.1 Å². The molecular weight excluding hydrogens is 306 g/mol. The molecule has 1 aliphatic rings. The Balaban J connectivity index is 1.81. The van der Waals surface area contributed by atoms with E-state index < -0.39 is 6.10 Å². The fraction of sp³-hybridized carbons (Fsp3) is 0.389. The first-order chi connectivity index (χ1) is 11.4. The molecule has 1 N–H and O–H groups in total. The highest BCUT2D eigenvalue weighted by Crippen LogP contribution is 2.19. The Morgan fingerprint density at radius 2 is 2.00 bits per heavy atom. The van der Waals surface area contributed by atoms with Crippen molar-refractivity contribution in [1.82, 2.24) is 15.1 Å². The van der Waals surface area contributed by atoms with Crippen molar-refractivity contribution in [2.24, 2.45) is 0 Å². The molecule has 0 bridgehead atoms. The van der Waals surface area contributed by atoms with Gasteiger partial charge in [-0.1, -0.05) is 6.07 Å². The number of nitrogens with one attached hydrogen (secondary N) is 1. The summed E-state index contributed by atoms with van der Waals surface area (Å²) in [4.78, 5) is 24.1. The van der Waals surface area contributed by atoms with Crippen molar-refractivity contribution in [3.63, 3.8) is 0 Å². The van der Waals surface area contributed by atoms with E-state index in [1.165, 1.54) is 16.8 Å². The number of hydrogen-bond acceptors (Lipinski definition) is 4. The fourth-order valence-electron chi connectivity index (χ4n) is 2.28. The molecule has 24 heavy (non-hydrogen) atoms. The van der Waals surface area contributed by atoms with Gasteiger partial charge in [0.05, 0.1) is 5.69 Å². The molecular formula is C18H21N3O3. The molecule has 1 fully saturated rings. The molecule has 6 nitrogen and oxygen atoms in total. The Hall–Kier alpha value is -2.63. The molecule has 6 heteroatoms. The standard InChI is InChI=1S/C18H21N3O3/c1-11-4-7-15(10-12(11)2)21-17(22)9-8-16(20-21)24-13(3)18(23)19-14-5-6-14/h4,7-10,13-14H,5-6H2,1-3H3,(H,19,23)/t13-/m0/s1. The van der Waals surface area contributed by atoms with Gasteiger partial charge in [-0.2, -0.15) is 4.68 Å². The van der Waals surface area contributed by atoms with Gasteiger partial charge >= 0.3 is 0 Å². The monoisotopic (exact) mass is 327 g/mol. The second kappa shape index (κ2) is 6.47. The lowest BCUT2D eigenvalue weighted by molar-refractivity contribution is -0.127. The molecule has 0 spiro atoms. The smallest absolute Gasteiger partial charge is 0.271 e. The lowest BCUT2D eigenvalue weighted by Crippen LogP contribution is -2.38. The van der Waals surface area contributed by atoms with E-state index in [0.717, 1.165) is 24.0 Å². The molecule has 0 saturated heterocycles. The Labute approximate surface area is 140 Å². The number of aromatic nitrogens is 2. The molecule has 0 unspecified atom stereocenters. The van der Waals surface area contributed by atoms with Crippen LogP contribution in [0.4, 0.5) is 0 Å². The van der Waals surface area contributed by atoms with Crippen LogP contribution in [-0.2, 0) is 4.79 Å². The van der Waals surface area contributed by atoms with Gasteiger partial charge in [-0.3, -0.25) is 9.59 Å². The number of rotatable bonds is 5. The summed E-state index contributed by atoms with van der Waals surface area (Å²) < 4.78 is 6.88. The van der Waals surface area contributed by atoms with Gasteiger partial charge in [-0.15, -0.1) is 5.10 Å². The summed E-state index contributed by atoms with van der Waals surface area (Å²) in [7, 11) is 0. The maximum absolute atomic E-state index is 12.1. The zero-order chi connectivity index (χ0) is 17.3. The summed E-state index contributed by atoms with van der Waals surface area (Å²) in [5.74, 6) is 0.0782. The van der Waals surface area contributed by atoms with Gasteiger partial charge < -0.3 is 10.1 Å². The first-order valence-electron chi connectivity index (χ1n) is 8.09. The van der Waals surface area contributed by atoms with Crippen LogP contribution in [0.25, 0.3) is 5.69 Å². The van der Waals surface area contributed by atoms with Crippen LogP contribution in [-0.4, -0.2) is 27.8 Å². The van der Waals surface area contributed by atoms with Crippen LogP contribution in [0.5, 0.6) is 5.88 Å². The predicted molar refractivity (Wildman–Crippen MR) is 90.6 cm³/mol. The number of aryl methyl sites for hydroxylation is 2. The maximum atomic E-state index is 12.1. The number of nitrogens with zero attached hydrogens (tertiary/aromatic N) is 2. The Morgan fingerprint density at radius 3 is 2.67 bits per heavy atom. The number of ether oxygens (including phenoxy) is 1. The summed E-state index contributed by atoms with van der Waals surface area (Å²) in [6, 6.07) is 8.84. The van der Waals surface area contributed by atoms with Crippen molar-refractivity contribution in [3.8, 4) is 11.6 Å². The summed E-state index contributed by atoms with van der Waals surface area (Å²) >= 11 is 0. The molecule has 1 atom stereocenters. The van der Waals surface area contributed by atoms with E-state index in [4.69, 9.17) is 4.74 Å². The molecule has 1 aromatic carbocycles. The highest BCUT2D eigenvalue weighted by molar-refractivity contribution is 5.81. The topological polar surface area (TPSA) is 73.2 Å². The SMILES string of the molecule is Cc1ccc(-n2nc(O[C@@H](C)C(=O)NC3CC3)ccc2=O)cc1C. The number of carbonyl (C=O) groups is 1. The lowest BCUT2D eigenvalue weighted by atomic mass is 10.1. The van der Waals surface area contributed by atoms with E-state index in [1.54, 1.807) is 6.92 Å². The van der Waals surface area contributed by atoms with E-state index in [0.29, 0.717) is 5.69 Å². The molecule has 2 aromatic rings. The van der Waals surface area contributed by atoms with E-state index >= 15 is 0 Å². The molecule has 1 aliphatic carbocycles. The maximum Gasteiger partial charge on any atom is 0.271 e. The summed E-state index contributed by atoms with van der Waals surface area (Å²) in [5.41, 5.74) is 2.64. The lowest BCUT2D eigenvalue weighted by Gasteiger charge is -2.14. The van der Waals surface area contributed by atoms with Crippen molar-refractivity contribution in [2.45, 2.75) is 45.8 Å². The molecule has 1 amide bonds. The number of benzene rings is 1. The predicted octanol–water partition coefficient (Wildman–Crippen LogP) is 1.90. The molecule has 1 aromatic heterocycles. The van der Waals surface area contributed by atoms with Gasteiger partial charge in [-0.25, -0.2) is 0 Å². The van der Waals surface area contributed by atoms with Gasteiger partial charge in [0.2, 0.25) is 5.88 Å². The quantitative estimate of drug-likeness (QED) is 0.910. The Bertz CT molecular complexity index is 824. The van der Waals surface area contributed by atoms with E-state index in [9.17, 15) is 9.59 Å².